The van der Waals surface area contributed by atoms with Crippen molar-refractivity contribution in [3.05, 3.63) is 41.7 Å². The number of benzene rings is 1. The van der Waals surface area contributed by atoms with Crippen molar-refractivity contribution in [3.63, 3.8) is 0 Å². The first-order valence-corrected chi connectivity index (χ1v) is 7.61. The van der Waals surface area contributed by atoms with E-state index in [1.807, 2.05) is 35.1 Å². The first kappa shape index (κ1) is 15.5. The van der Waals surface area contributed by atoms with E-state index in [9.17, 15) is 10.0 Å². The predicted octanol–water partition coefficient (Wildman–Crippen LogP) is 0.793. The molecule has 0 aliphatic carbocycles. The van der Waals surface area contributed by atoms with Gasteiger partial charge in [0.1, 0.15) is 0 Å². The molecule has 2 heterocycles. The summed E-state index contributed by atoms with van der Waals surface area (Å²) in [4.78, 5) is 0. The topological polar surface area (TPSA) is 96.3 Å². The van der Waals surface area contributed by atoms with E-state index in [1.54, 1.807) is 6.20 Å². The van der Waals surface area contributed by atoms with Gasteiger partial charge >= 0.3 is 7.12 Å². The molecule has 5 N–H and O–H groups in total. The summed E-state index contributed by atoms with van der Waals surface area (Å²) >= 11 is 6.21. The van der Waals surface area contributed by atoms with Gasteiger partial charge in [0, 0.05) is 28.3 Å². The Labute approximate surface area is 134 Å². The standard InChI is InChI=1S/C14H18BClN4O2/c16-11-4-2-1-3-10(11)9-7-18-20(8-9)12-5-6-13(15(21)22)19-14(12)17/h1-4,7-8,12-14,19,21-22H,5-6,17H2. The number of piperidine rings is 1. The second kappa shape index (κ2) is 6.40. The van der Waals surface area contributed by atoms with E-state index in [2.05, 4.69) is 10.4 Å². The Morgan fingerprint density at radius 3 is 2.77 bits per heavy atom. The Balaban J connectivity index is 1.79. The van der Waals surface area contributed by atoms with Crippen molar-refractivity contribution >= 4 is 18.7 Å². The normalized spacial score (nSPS) is 25.2. The zero-order valence-electron chi connectivity index (χ0n) is 11.9. The number of nitrogens with two attached hydrogens (primary N) is 1. The Morgan fingerprint density at radius 1 is 1.32 bits per heavy atom. The van der Waals surface area contributed by atoms with Crippen molar-refractivity contribution < 1.29 is 10.0 Å². The molecule has 3 rings (SSSR count). The highest BCUT2D eigenvalue weighted by Crippen LogP contribution is 2.29. The van der Waals surface area contributed by atoms with Gasteiger partial charge in [-0.2, -0.15) is 5.10 Å². The second-order valence-corrected chi connectivity index (χ2v) is 5.95. The molecular formula is C14H18BClN4O2. The van der Waals surface area contributed by atoms with E-state index < -0.39 is 13.1 Å². The molecule has 0 bridgehead atoms. The van der Waals surface area contributed by atoms with E-state index in [4.69, 9.17) is 17.3 Å². The van der Waals surface area contributed by atoms with Gasteiger partial charge < -0.3 is 15.8 Å². The minimum atomic E-state index is -1.40. The lowest BCUT2D eigenvalue weighted by Crippen LogP contribution is -2.58. The fourth-order valence-corrected chi connectivity index (χ4v) is 3.10. The number of rotatable bonds is 3. The maximum Gasteiger partial charge on any atom is 0.469 e. The Kier molecular flexibility index (Phi) is 4.51. The fraction of sp³-hybridized carbons (Fsp3) is 0.357. The van der Waals surface area contributed by atoms with Crippen molar-refractivity contribution in [3.8, 4) is 11.1 Å². The van der Waals surface area contributed by atoms with Gasteiger partial charge in [-0.3, -0.25) is 10.00 Å². The van der Waals surface area contributed by atoms with E-state index in [1.165, 1.54) is 0 Å². The van der Waals surface area contributed by atoms with Gasteiger partial charge in [0.05, 0.1) is 18.4 Å². The molecule has 1 aliphatic rings. The van der Waals surface area contributed by atoms with Crippen LogP contribution in [0.5, 0.6) is 0 Å². The summed E-state index contributed by atoms with van der Waals surface area (Å²) in [6, 6.07) is 7.57. The van der Waals surface area contributed by atoms with Gasteiger partial charge in [0.15, 0.2) is 0 Å². The molecule has 116 valence electrons. The molecule has 6 nitrogen and oxygen atoms in total. The molecule has 0 spiro atoms. The summed E-state index contributed by atoms with van der Waals surface area (Å²) in [6.45, 7) is 0. The van der Waals surface area contributed by atoms with Gasteiger partial charge in [0.2, 0.25) is 0 Å². The molecule has 8 heteroatoms. The highest BCUT2D eigenvalue weighted by atomic mass is 35.5. The predicted molar refractivity (Wildman–Crippen MR) is 86.0 cm³/mol. The van der Waals surface area contributed by atoms with Gasteiger partial charge in [-0.1, -0.05) is 29.8 Å². The number of aromatic nitrogens is 2. The summed E-state index contributed by atoms with van der Waals surface area (Å²) in [5.74, 6) is -0.398. The third kappa shape index (κ3) is 3.04. The zero-order valence-corrected chi connectivity index (χ0v) is 12.7. The highest BCUT2D eigenvalue weighted by Gasteiger charge is 2.34. The van der Waals surface area contributed by atoms with Crippen LogP contribution in [0.3, 0.4) is 0 Å². The van der Waals surface area contributed by atoms with Gasteiger partial charge in [-0.05, 0) is 18.9 Å². The summed E-state index contributed by atoms with van der Waals surface area (Å²) in [7, 11) is -1.40. The molecule has 1 fully saturated rings. The summed E-state index contributed by atoms with van der Waals surface area (Å²) in [5, 5.41) is 26.6. The first-order chi connectivity index (χ1) is 10.6. The van der Waals surface area contributed by atoms with Crippen LogP contribution >= 0.6 is 11.6 Å². The van der Waals surface area contributed by atoms with Crippen LogP contribution in [0.15, 0.2) is 36.7 Å². The van der Waals surface area contributed by atoms with E-state index >= 15 is 0 Å². The molecule has 1 aromatic carbocycles. The zero-order chi connectivity index (χ0) is 15.7. The van der Waals surface area contributed by atoms with Crippen LogP contribution in [0.1, 0.15) is 18.9 Å². The first-order valence-electron chi connectivity index (χ1n) is 7.23. The fourth-order valence-electron chi connectivity index (χ4n) is 2.86. The van der Waals surface area contributed by atoms with Gasteiger partial charge in [-0.15, -0.1) is 0 Å². The van der Waals surface area contributed by atoms with Gasteiger partial charge in [0.25, 0.3) is 0 Å². The minimum absolute atomic E-state index is 0.0359. The lowest BCUT2D eigenvalue weighted by molar-refractivity contribution is 0.228. The molecule has 1 aromatic heterocycles. The maximum atomic E-state index is 9.24. The molecule has 3 unspecified atom stereocenters. The molecule has 0 saturated carbocycles. The van der Waals surface area contributed by atoms with Crippen LogP contribution in [0.25, 0.3) is 11.1 Å². The van der Waals surface area contributed by atoms with Crippen molar-refractivity contribution in [1.82, 2.24) is 15.1 Å². The third-order valence-electron chi connectivity index (χ3n) is 4.08. The smallest absolute Gasteiger partial charge is 0.426 e. The Bertz CT molecular complexity index is 651. The van der Waals surface area contributed by atoms with Crippen molar-refractivity contribution in [2.24, 2.45) is 5.73 Å². The molecular weight excluding hydrogens is 302 g/mol. The summed E-state index contributed by atoms with van der Waals surface area (Å²) in [5.41, 5.74) is 7.96. The van der Waals surface area contributed by atoms with Gasteiger partial charge in [-0.25, -0.2) is 0 Å². The molecule has 1 saturated heterocycles. The van der Waals surface area contributed by atoms with Crippen LogP contribution in [0.4, 0.5) is 0 Å². The number of halogens is 1. The highest BCUT2D eigenvalue weighted by molar-refractivity contribution is 6.43. The number of nitrogens with zero attached hydrogens (tertiary/aromatic N) is 2. The van der Waals surface area contributed by atoms with Crippen molar-refractivity contribution in [1.29, 1.82) is 0 Å². The average molecular weight is 321 g/mol. The molecule has 1 aliphatic heterocycles. The van der Waals surface area contributed by atoms with E-state index in [0.717, 1.165) is 17.5 Å². The van der Waals surface area contributed by atoms with Crippen molar-refractivity contribution in [2.75, 3.05) is 0 Å². The van der Waals surface area contributed by atoms with Crippen LogP contribution in [-0.4, -0.2) is 39.1 Å². The SMILES string of the molecule is NC1NC(B(O)O)CCC1n1cc(-c2ccccc2Cl)cn1. The van der Waals surface area contributed by atoms with E-state index in [0.29, 0.717) is 11.4 Å². The molecule has 22 heavy (non-hydrogen) atoms. The Hall–Kier alpha value is -1.38. The lowest BCUT2D eigenvalue weighted by atomic mass is 9.74. The number of nitrogens with one attached hydrogen (secondary N) is 1. The molecule has 0 radical (unpaired) electrons. The quantitative estimate of drug-likeness (QED) is 0.627. The Morgan fingerprint density at radius 2 is 2.09 bits per heavy atom. The van der Waals surface area contributed by atoms with Crippen LogP contribution in [-0.2, 0) is 0 Å². The summed E-state index contributed by atoms with van der Waals surface area (Å²) < 4.78 is 1.82. The molecule has 0 amide bonds. The van der Waals surface area contributed by atoms with Crippen molar-refractivity contribution in [2.45, 2.75) is 31.0 Å². The average Bonchev–Trinajstić information content (AvgIpc) is 2.97. The third-order valence-corrected chi connectivity index (χ3v) is 4.41. The summed E-state index contributed by atoms with van der Waals surface area (Å²) in [6.07, 6.45) is 4.64. The second-order valence-electron chi connectivity index (χ2n) is 5.55. The number of hydrogen-bond donors (Lipinski definition) is 4. The van der Waals surface area contributed by atoms with Crippen LogP contribution < -0.4 is 11.1 Å². The number of hydrogen-bond acceptors (Lipinski definition) is 5. The minimum Gasteiger partial charge on any atom is -0.426 e. The molecule has 3 atom stereocenters. The van der Waals surface area contributed by atoms with Crippen LogP contribution in [0.2, 0.25) is 5.02 Å². The largest absolute Gasteiger partial charge is 0.469 e. The van der Waals surface area contributed by atoms with Crippen LogP contribution in [0, 0.1) is 0 Å². The van der Waals surface area contributed by atoms with E-state index in [-0.39, 0.29) is 12.2 Å². The monoisotopic (exact) mass is 320 g/mol. The molecule has 2 aromatic rings. The maximum absolute atomic E-state index is 9.24. The lowest BCUT2D eigenvalue weighted by Gasteiger charge is -2.35.